The molecule has 20 heavy (non-hydrogen) atoms. The van der Waals surface area contributed by atoms with Gasteiger partial charge in [0, 0.05) is 22.5 Å². The van der Waals surface area contributed by atoms with Crippen molar-refractivity contribution in [1.82, 2.24) is 4.98 Å². The van der Waals surface area contributed by atoms with E-state index in [2.05, 4.69) is 4.98 Å². The zero-order valence-corrected chi connectivity index (χ0v) is 12.2. The van der Waals surface area contributed by atoms with Crippen molar-refractivity contribution in [2.75, 3.05) is 5.73 Å². The number of aromatic nitrogens is 1. The number of fused-ring (bicyclic) bond motifs is 1. The Bertz CT molecular complexity index is 724. The topological polar surface area (TPSA) is 52.0 Å². The van der Waals surface area contributed by atoms with E-state index in [1.807, 2.05) is 36.4 Å². The Kier molecular flexibility index (Phi) is 3.85. The van der Waals surface area contributed by atoms with E-state index in [9.17, 15) is 0 Å². The van der Waals surface area contributed by atoms with Gasteiger partial charge in [0.05, 0.1) is 5.75 Å². The zero-order valence-electron chi connectivity index (χ0n) is 10.7. The number of hydrogen-bond donors (Lipinski definition) is 1. The largest absolute Gasteiger partial charge is 0.440 e. The second-order valence-electron chi connectivity index (χ2n) is 4.45. The summed E-state index contributed by atoms with van der Waals surface area (Å²) < 4.78 is 5.67. The van der Waals surface area contributed by atoms with Gasteiger partial charge in [-0.2, -0.15) is 0 Å². The summed E-state index contributed by atoms with van der Waals surface area (Å²) >= 11 is 7.61. The normalized spacial score (nSPS) is 11.1. The van der Waals surface area contributed by atoms with E-state index in [1.54, 1.807) is 17.8 Å². The van der Waals surface area contributed by atoms with Gasteiger partial charge in [-0.25, -0.2) is 4.98 Å². The molecular weight excluding hydrogens is 292 g/mol. The zero-order chi connectivity index (χ0) is 13.9. The molecule has 0 radical (unpaired) electrons. The lowest BCUT2D eigenvalue weighted by Crippen LogP contribution is -1.83. The molecule has 5 heteroatoms. The third kappa shape index (κ3) is 3.08. The molecule has 2 aromatic carbocycles. The van der Waals surface area contributed by atoms with Crippen LogP contribution in [0.25, 0.3) is 11.1 Å². The number of halogens is 1. The van der Waals surface area contributed by atoms with Crippen LogP contribution in [0.4, 0.5) is 5.69 Å². The first kappa shape index (κ1) is 13.3. The first-order valence-corrected chi connectivity index (χ1v) is 7.71. The number of nitrogens with zero attached hydrogens (tertiary/aromatic N) is 1. The number of oxazole rings is 1. The molecule has 1 heterocycles. The molecule has 0 fully saturated rings. The molecule has 0 amide bonds. The van der Waals surface area contributed by atoms with Gasteiger partial charge in [-0.1, -0.05) is 23.7 Å². The minimum Gasteiger partial charge on any atom is -0.440 e. The summed E-state index contributed by atoms with van der Waals surface area (Å²) in [5.41, 5.74) is 9.23. The molecule has 3 nitrogen and oxygen atoms in total. The molecule has 0 aliphatic heterocycles. The highest BCUT2D eigenvalue weighted by atomic mass is 35.5. The van der Waals surface area contributed by atoms with Crippen LogP contribution in [0.5, 0.6) is 0 Å². The van der Waals surface area contributed by atoms with Gasteiger partial charge in [0.2, 0.25) is 5.89 Å². The average Bonchev–Trinajstić information content (AvgIpc) is 2.83. The lowest BCUT2D eigenvalue weighted by molar-refractivity contribution is 0.556. The lowest BCUT2D eigenvalue weighted by atomic mass is 10.2. The molecule has 3 rings (SSSR count). The van der Waals surface area contributed by atoms with Gasteiger partial charge in [0.25, 0.3) is 0 Å². The van der Waals surface area contributed by atoms with Crippen molar-refractivity contribution in [2.45, 2.75) is 11.5 Å². The van der Waals surface area contributed by atoms with E-state index >= 15 is 0 Å². The Morgan fingerprint density at radius 2 is 1.90 bits per heavy atom. The van der Waals surface area contributed by atoms with Crippen molar-refractivity contribution in [2.24, 2.45) is 0 Å². The van der Waals surface area contributed by atoms with E-state index < -0.39 is 0 Å². The molecule has 0 saturated carbocycles. The van der Waals surface area contributed by atoms with Crippen molar-refractivity contribution >= 4 is 40.1 Å². The molecule has 0 unspecified atom stereocenters. The SMILES string of the molecule is Nc1ccc2nc(CSCc3ccc(Cl)cc3)oc2c1. The van der Waals surface area contributed by atoms with Gasteiger partial charge >= 0.3 is 0 Å². The van der Waals surface area contributed by atoms with Gasteiger partial charge in [-0.05, 0) is 29.8 Å². The molecule has 0 aliphatic rings. The number of rotatable bonds is 4. The quantitative estimate of drug-likeness (QED) is 0.721. The molecule has 0 aliphatic carbocycles. The van der Waals surface area contributed by atoms with Crippen molar-refractivity contribution in [3.8, 4) is 0 Å². The Morgan fingerprint density at radius 1 is 1.10 bits per heavy atom. The van der Waals surface area contributed by atoms with Crippen LogP contribution in [-0.2, 0) is 11.5 Å². The van der Waals surface area contributed by atoms with Crippen LogP contribution >= 0.6 is 23.4 Å². The van der Waals surface area contributed by atoms with Crippen molar-refractivity contribution in [3.05, 3.63) is 58.9 Å². The van der Waals surface area contributed by atoms with Crippen LogP contribution in [-0.4, -0.2) is 4.98 Å². The molecule has 102 valence electrons. The van der Waals surface area contributed by atoms with Crippen LogP contribution < -0.4 is 5.73 Å². The summed E-state index contributed by atoms with van der Waals surface area (Å²) in [6, 6.07) is 13.4. The first-order chi connectivity index (χ1) is 9.70. The standard InChI is InChI=1S/C15H13ClN2OS/c16-11-3-1-10(2-4-11)8-20-9-15-18-13-6-5-12(17)7-14(13)19-15/h1-7H,8-9,17H2. The Morgan fingerprint density at radius 3 is 2.70 bits per heavy atom. The Balaban J connectivity index is 1.63. The number of nitrogen functional groups attached to an aromatic ring is 1. The van der Waals surface area contributed by atoms with E-state index in [0.717, 1.165) is 33.5 Å². The van der Waals surface area contributed by atoms with Crippen LogP contribution in [0.1, 0.15) is 11.5 Å². The average molecular weight is 305 g/mol. The van der Waals surface area contributed by atoms with E-state index in [1.165, 1.54) is 5.56 Å². The molecule has 3 aromatic rings. The second kappa shape index (κ2) is 5.77. The van der Waals surface area contributed by atoms with Gasteiger partial charge in [0.1, 0.15) is 5.52 Å². The Labute approximate surface area is 126 Å². The van der Waals surface area contributed by atoms with Gasteiger partial charge in [-0.3, -0.25) is 0 Å². The summed E-state index contributed by atoms with van der Waals surface area (Å²) in [5.74, 6) is 2.36. The molecule has 2 N–H and O–H groups in total. The monoisotopic (exact) mass is 304 g/mol. The third-order valence-corrected chi connectivity index (χ3v) is 4.10. The fourth-order valence-corrected chi connectivity index (χ4v) is 2.84. The summed E-state index contributed by atoms with van der Waals surface area (Å²) in [4.78, 5) is 4.43. The number of thioether (sulfide) groups is 1. The molecule has 0 spiro atoms. The molecular formula is C15H13ClN2OS. The van der Waals surface area contributed by atoms with Gasteiger partial charge in [0.15, 0.2) is 5.58 Å². The molecule has 1 aromatic heterocycles. The Hall–Kier alpha value is -1.65. The summed E-state index contributed by atoms with van der Waals surface area (Å²) in [7, 11) is 0. The fourth-order valence-electron chi connectivity index (χ4n) is 1.89. The molecule has 0 atom stereocenters. The predicted octanol–water partition coefficient (Wildman–Crippen LogP) is 4.50. The van der Waals surface area contributed by atoms with Crippen molar-refractivity contribution in [1.29, 1.82) is 0 Å². The highest BCUT2D eigenvalue weighted by molar-refractivity contribution is 7.97. The fraction of sp³-hybridized carbons (Fsp3) is 0.133. The smallest absolute Gasteiger partial charge is 0.205 e. The van der Waals surface area contributed by atoms with Crippen LogP contribution in [0.15, 0.2) is 46.9 Å². The summed E-state index contributed by atoms with van der Waals surface area (Å²) in [5, 5.41) is 0.760. The van der Waals surface area contributed by atoms with Crippen LogP contribution in [0.3, 0.4) is 0 Å². The summed E-state index contributed by atoms with van der Waals surface area (Å²) in [6.07, 6.45) is 0. The van der Waals surface area contributed by atoms with Crippen LogP contribution in [0.2, 0.25) is 5.02 Å². The maximum absolute atomic E-state index is 5.86. The molecule has 0 bridgehead atoms. The van der Waals surface area contributed by atoms with Crippen molar-refractivity contribution < 1.29 is 4.42 Å². The minimum absolute atomic E-state index is 0.689. The predicted molar refractivity (Wildman–Crippen MR) is 84.9 cm³/mol. The number of anilines is 1. The highest BCUT2D eigenvalue weighted by Gasteiger charge is 2.06. The third-order valence-electron chi connectivity index (χ3n) is 2.86. The van der Waals surface area contributed by atoms with E-state index in [-0.39, 0.29) is 0 Å². The number of nitrogens with two attached hydrogens (primary N) is 1. The first-order valence-electron chi connectivity index (χ1n) is 6.18. The highest BCUT2D eigenvalue weighted by Crippen LogP contribution is 2.23. The van der Waals surface area contributed by atoms with Gasteiger partial charge in [-0.15, -0.1) is 11.8 Å². The second-order valence-corrected chi connectivity index (χ2v) is 5.88. The van der Waals surface area contributed by atoms with E-state index in [4.69, 9.17) is 21.8 Å². The maximum atomic E-state index is 5.86. The number of benzene rings is 2. The number of hydrogen-bond acceptors (Lipinski definition) is 4. The van der Waals surface area contributed by atoms with E-state index in [0.29, 0.717) is 5.69 Å². The van der Waals surface area contributed by atoms with Crippen LogP contribution in [0, 0.1) is 0 Å². The summed E-state index contributed by atoms with van der Waals surface area (Å²) in [6.45, 7) is 0. The molecule has 0 saturated heterocycles. The van der Waals surface area contributed by atoms with Crippen molar-refractivity contribution in [3.63, 3.8) is 0 Å². The lowest BCUT2D eigenvalue weighted by Gasteiger charge is -1.99. The van der Waals surface area contributed by atoms with Gasteiger partial charge < -0.3 is 10.2 Å². The maximum Gasteiger partial charge on any atom is 0.205 e. The minimum atomic E-state index is 0.689.